The van der Waals surface area contributed by atoms with E-state index < -0.39 is 0 Å². The molecule has 2 aromatic rings. The first-order valence-corrected chi connectivity index (χ1v) is 7.52. The minimum atomic E-state index is -0.101. The fraction of sp³-hybridized carbons (Fsp3) is 0.286. The highest BCUT2D eigenvalue weighted by molar-refractivity contribution is 9.10. The van der Waals surface area contributed by atoms with Crippen LogP contribution in [0, 0.1) is 6.92 Å². The molecule has 96 valence electrons. The molecule has 0 aliphatic heterocycles. The van der Waals surface area contributed by atoms with Crippen molar-refractivity contribution in [2.24, 2.45) is 5.73 Å². The fourth-order valence-electron chi connectivity index (χ4n) is 1.80. The van der Waals surface area contributed by atoms with Crippen molar-refractivity contribution in [1.29, 1.82) is 0 Å². The van der Waals surface area contributed by atoms with Crippen molar-refractivity contribution in [2.45, 2.75) is 26.0 Å². The predicted molar refractivity (Wildman–Crippen MR) is 80.2 cm³/mol. The number of benzene rings is 1. The van der Waals surface area contributed by atoms with Crippen LogP contribution in [0.25, 0.3) is 0 Å². The van der Waals surface area contributed by atoms with Crippen LogP contribution in [0.15, 0.2) is 39.5 Å². The van der Waals surface area contributed by atoms with Crippen molar-refractivity contribution in [3.8, 4) is 5.75 Å². The SMILES string of the molecule is Cc1cc(Br)ccc1OC(c1ccsc1)C(C)N. The zero-order valence-electron chi connectivity index (χ0n) is 10.4. The van der Waals surface area contributed by atoms with Crippen LogP contribution in [0.2, 0.25) is 0 Å². The van der Waals surface area contributed by atoms with Gasteiger partial charge < -0.3 is 10.5 Å². The molecule has 0 saturated heterocycles. The molecule has 4 heteroatoms. The first-order chi connectivity index (χ1) is 8.58. The van der Waals surface area contributed by atoms with Gasteiger partial charge in [-0.25, -0.2) is 0 Å². The van der Waals surface area contributed by atoms with Gasteiger partial charge in [0.1, 0.15) is 11.9 Å². The summed E-state index contributed by atoms with van der Waals surface area (Å²) in [6, 6.07) is 8.01. The Morgan fingerprint density at radius 1 is 1.33 bits per heavy atom. The summed E-state index contributed by atoms with van der Waals surface area (Å²) in [5.41, 5.74) is 8.26. The molecule has 0 aliphatic carbocycles. The molecule has 2 unspecified atom stereocenters. The molecule has 0 fully saturated rings. The molecule has 1 heterocycles. The molecule has 0 radical (unpaired) electrons. The minimum absolute atomic E-state index is 0.0531. The summed E-state index contributed by atoms with van der Waals surface area (Å²) in [5, 5.41) is 4.13. The number of thiophene rings is 1. The van der Waals surface area contributed by atoms with E-state index in [2.05, 4.69) is 27.4 Å². The molecule has 0 saturated carbocycles. The first-order valence-electron chi connectivity index (χ1n) is 5.78. The lowest BCUT2D eigenvalue weighted by molar-refractivity contribution is 0.179. The van der Waals surface area contributed by atoms with Crippen molar-refractivity contribution in [3.63, 3.8) is 0 Å². The van der Waals surface area contributed by atoms with Crippen molar-refractivity contribution < 1.29 is 4.74 Å². The highest BCUT2D eigenvalue weighted by Gasteiger charge is 2.19. The summed E-state index contributed by atoms with van der Waals surface area (Å²) in [6.45, 7) is 4.00. The summed E-state index contributed by atoms with van der Waals surface area (Å²) >= 11 is 5.11. The van der Waals surface area contributed by atoms with Gasteiger partial charge >= 0.3 is 0 Å². The second kappa shape index (κ2) is 5.87. The maximum absolute atomic E-state index is 6.07. The van der Waals surface area contributed by atoms with Crippen molar-refractivity contribution in [3.05, 3.63) is 50.6 Å². The van der Waals surface area contributed by atoms with Crippen LogP contribution in [0.5, 0.6) is 5.75 Å². The van der Waals surface area contributed by atoms with E-state index >= 15 is 0 Å². The standard InChI is InChI=1S/C14H16BrNOS/c1-9-7-12(15)3-4-13(9)17-14(10(2)16)11-5-6-18-8-11/h3-8,10,14H,16H2,1-2H3. The van der Waals surface area contributed by atoms with Gasteiger partial charge in [0, 0.05) is 16.1 Å². The summed E-state index contributed by atoms with van der Waals surface area (Å²) in [7, 11) is 0. The topological polar surface area (TPSA) is 35.2 Å². The predicted octanol–water partition coefficient (Wildman–Crippen LogP) is 4.29. The van der Waals surface area contributed by atoms with Gasteiger partial charge in [0.05, 0.1) is 0 Å². The third kappa shape index (κ3) is 3.13. The molecule has 18 heavy (non-hydrogen) atoms. The molecule has 0 bridgehead atoms. The second-order valence-corrected chi connectivity index (χ2v) is 6.06. The monoisotopic (exact) mass is 325 g/mol. The lowest BCUT2D eigenvalue weighted by atomic mass is 10.1. The van der Waals surface area contributed by atoms with Crippen LogP contribution in [0.4, 0.5) is 0 Å². The average molecular weight is 326 g/mol. The number of aryl methyl sites for hydroxylation is 1. The Morgan fingerprint density at radius 3 is 2.67 bits per heavy atom. The van der Waals surface area contributed by atoms with Gasteiger partial charge in [-0.1, -0.05) is 15.9 Å². The van der Waals surface area contributed by atoms with Gasteiger partial charge in [-0.2, -0.15) is 11.3 Å². The highest BCUT2D eigenvalue weighted by atomic mass is 79.9. The quantitative estimate of drug-likeness (QED) is 0.910. The highest BCUT2D eigenvalue weighted by Crippen LogP contribution is 2.29. The van der Waals surface area contributed by atoms with Crippen LogP contribution in [0.1, 0.15) is 24.2 Å². The van der Waals surface area contributed by atoms with Crippen LogP contribution < -0.4 is 10.5 Å². The summed E-state index contributed by atoms with van der Waals surface area (Å²) < 4.78 is 7.12. The Labute approximate surface area is 120 Å². The fourth-order valence-corrected chi connectivity index (χ4v) is 2.96. The molecule has 1 aromatic heterocycles. The van der Waals surface area contributed by atoms with E-state index in [1.54, 1.807) is 11.3 Å². The van der Waals surface area contributed by atoms with Crippen LogP contribution >= 0.6 is 27.3 Å². The number of hydrogen-bond donors (Lipinski definition) is 1. The van der Waals surface area contributed by atoms with Gasteiger partial charge in [0.25, 0.3) is 0 Å². The average Bonchev–Trinajstić information content (AvgIpc) is 2.80. The van der Waals surface area contributed by atoms with Gasteiger partial charge in [0.2, 0.25) is 0 Å². The summed E-state index contributed by atoms with van der Waals surface area (Å²) in [4.78, 5) is 0. The van der Waals surface area contributed by atoms with Gasteiger partial charge in [-0.3, -0.25) is 0 Å². The first kappa shape index (κ1) is 13.6. The van der Waals surface area contributed by atoms with Crippen LogP contribution in [0.3, 0.4) is 0 Å². The van der Waals surface area contributed by atoms with Crippen LogP contribution in [-0.4, -0.2) is 6.04 Å². The normalized spacial score (nSPS) is 14.2. The third-order valence-electron chi connectivity index (χ3n) is 2.74. The lowest BCUT2D eigenvalue weighted by Crippen LogP contribution is -2.28. The zero-order valence-corrected chi connectivity index (χ0v) is 12.8. The molecule has 2 nitrogen and oxygen atoms in total. The van der Waals surface area contributed by atoms with E-state index in [1.165, 1.54) is 0 Å². The Kier molecular flexibility index (Phi) is 4.43. The number of halogens is 1. The van der Waals surface area contributed by atoms with Crippen molar-refractivity contribution in [1.82, 2.24) is 0 Å². The minimum Gasteiger partial charge on any atom is -0.484 e. The van der Waals surface area contributed by atoms with E-state index in [4.69, 9.17) is 10.5 Å². The van der Waals surface area contributed by atoms with E-state index in [0.29, 0.717) is 0 Å². The molecule has 0 aliphatic rings. The molecule has 1 aromatic carbocycles. The van der Waals surface area contributed by atoms with Gasteiger partial charge in [-0.15, -0.1) is 0 Å². The van der Waals surface area contributed by atoms with E-state index in [-0.39, 0.29) is 12.1 Å². The van der Waals surface area contributed by atoms with Crippen LogP contribution in [-0.2, 0) is 0 Å². The van der Waals surface area contributed by atoms with Crippen molar-refractivity contribution >= 4 is 27.3 Å². The Morgan fingerprint density at radius 2 is 2.11 bits per heavy atom. The smallest absolute Gasteiger partial charge is 0.139 e. The van der Waals surface area contributed by atoms with E-state index in [9.17, 15) is 0 Å². The zero-order chi connectivity index (χ0) is 13.1. The molecule has 0 amide bonds. The van der Waals surface area contributed by atoms with E-state index in [1.807, 2.05) is 37.4 Å². The largest absolute Gasteiger partial charge is 0.484 e. The second-order valence-electron chi connectivity index (χ2n) is 4.36. The Hall–Kier alpha value is -0.840. The third-order valence-corrected chi connectivity index (χ3v) is 3.93. The molecular weight excluding hydrogens is 310 g/mol. The Balaban J connectivity index is 2.24. The summed E-state index contributed by atoms with van der Waals surface area (Å²) in [6.07, 6.45) is -0.101. The molecule has 0 spiro atoms. The number of nitrogens with two attached hydrogens (primary N) is 1. The maximum atomic E-state index is 6.07. The van der Waals surface area contributed by atoms with Gasteiger partial charge in [-0.05, 0) is 54.4 Å². The molecule has 2 atom stereocenters. The molecule has 2 rings (SSSR count). The van der Waals surface area contributed by atoms with Gasteiger partial charge in [0.15, 0.2) is 0 Å². The Bertz CT molecular complexity index is 511. The number of rotatable bonds is 4. The number of hydrogen-bond acceptors (Lipinski definition) is 3. The molecular formula is C14H16BrNOS. The maximum Gasteiger partial charge on any atom is 0.139 e. The molecule has 2 N–H and O–H groups in total. The van der Waals surface area contributed by atoms with Crippen molar-refractivity contribution in [2.75, 3.05) is 0 Å². The summed E-state index contributed by atoms with van der Waals surface area (Å²) in [5.74, 6) is 0.881. The van der Waals surface area contributed by atoms with E-state index in [0.717, 1.165) is 21.3 Å². The number of ether oxygens (including phenoxy) is 1. The lowest BCUT2D eigenvalue weighted by Gasteiger charge is -2.23.